The van der Waals surface area contributed by atoms with Crippen molar-refractivity contribution in [3.8, 4) is 0 Å². The summed E-state index contributed by atoms with van der Waals surface area (Å²) in [7, 11) is 2.09. The van der Waals surface area contributed by atoms with Gasteiger partial charge >= 0.3 is 0 Å². The van der Waals surface area contributed by atoms with Gasteiger partial charge in [0.25, 0.3) is 0 Å². The summed E-state index contributed by atoms with van der Waals surface area (Å²) in [6.45, 7) is 5.02. The highest BCUT2D eigenvalue weighted by molar-refractivity contribution is 7.97. The fraction of sp³-hybridized carbons (Fsp3) is 1.00. The Morgan fingerprint density at radius 3 is 1.86 bits per heavy atom. The number of hydrogen-bond acceptors (Lipinski definition) is 2. The van der Waals surface area contributed by atoms with Crippen LogP contribution >= 0.6 is 11.9 Å². The zero-order valence-corrected chi connectivity index (χ0v) is 6.25. The van der Waals surface area contributed by atoms with E-state index in [9.17, 15) is 0 Å². The summed E-state index contributed by atoms with van der Waals surface area (Å²) in [6.07, 6.45) is 2.08. The molecule has 0 unspecified atom stereocenters. The van der Waals surface area contributed by atoms with Gasteiger partial charge in [-0.05, 0) is 13.3 Å². The van der Waals surface area contributed by atoms with Gasteiger partial charge in [-0.3, -0.25) is 4.22 Å². The number of hydrogen-bond donors (Lipinski definition) is 0. The number of rotatable bonds is 2. The lowest BCUT2D eigenvalue weighted by molar-refractivity contribution is 0.879. The quantitative estimate of drug-likeness (QED) is 0.397. The van der Waals surface area contributed by atoms with Gasteiger partial charge < -0.3 is 0 Å². The standard InChI is InChI=1S/C4H12BNS/c1-5(2)6(3)7-4/h1-4H3. The molecule has 0 spiro atoms. The van der Waals surface area contributed by atoms with Gasteiger partial charge in [0.15, 0.2) is 0 Å². The molecule has 0 N–H and O–H groups in total. The average Bonchev–Trinajstić information content (AvgIpc) is 1.65. The van der Waals surface area contributed by atoms with E-state index < -0.39 is 0 Å². The summed E-state index contributed by atoms with van der Waals surface area (Å²) < 4.78 is 2.21. The first-order chi connectivity index (χ1) is 3.18. The van der Waals surface area contributed by atoms with Gasteiger partial charge in [-0.2, -0.15) is 0 Å². The maximum atomic E-state index is 2.21. The molecule has 0 aromatic carbocycles. The Bertz CT molecular complexity index is 49.0. The summed E-state index contributed by atoms with van der Waals surface area (Å²) in [5.41, 5.74) is 0. The van der Waals surface area contributed by atoms with Gasteiger partial charge in [0.05, 0.1) is 0 Å². The Kier molecular flexibility index (Phi) is 3.57. The van der Waals surface area contributed by atoms with E-state index in [2.05, 4.69) is 31.2 Å². The lowest BCUT2D eigenvalue weighted by Gasteiger charge is -2.13. The van der Waals surface area contributed by atoms with Gasteiger partial charge in [0.2, 0.25) is 6.85 Å². The molecule has 0 saturated heterocycles. The minimum absolute atomic E-state index is 0.662. The van der Waals surface area contributed by atoms with E-state index in [1.807, 2.05) is 0 Å². The minimum Gasteiger partial charge on any atom is -0.293 e. The maximum absolute atomic E-state index is 2.21. The third kappa shape index (κ3) is 3.00. The smallest absolute Gasteiger partial charge is 0.228 e. The van der Waals surface area contributed by atoms with Crippen molar-refractivity contribution in [3.63, 3.8) is 0 Å². The van der Waals surface area contributed by atoms with Gasteiger partial charge in [-0.25, -0.2) is 0 Å². The monoisotopic (exact) mass is 117 g/mol. The molecule has 1 nitrogen and oxygen atoms in total. The van der Waals surface area contributed by atoms with Crippen LogP contribution in [0.3, 0.4) is 0 Å². The number of nitrogens with zero attached hydrogens (tertiary/aromatic N) is 1. The maximum Gasteiger partial charge on any atom is 0.228 e. The van der Waals surface area contributed by atoms with Crippen molar-refractivity contribution in [3.05, 3.63) is 0 Å². The molecule has 0 amide bonds. The fourth-order valence-electron chi connectivity index (χ4n) is 0.211. The highest BCUT2D eigenvalue weighted by Gasteiger charge is 2.02. The van der Waals surface area contributed by atoms with E-state index in [-0.39, 0.29) is 0 Å². The molecule has 0 aliphatic carbocycles. The highest BCUT2D eigenvalue weighted by atomic mass is 32.2. The summed E-state index contributed by atoms with van der Waals surface area (Å²) in [5, 5.41) is 0. The Labute approximate surface area is 50.7 Å². The Morgan fingerprint density at radius 2 is 1.86 bits per heavy atom. The molecule has 0 aliphatic rings. The first-order valence-corrected chi connectivity index (χ1v) is 3.63. The summed E-state index contributed by atoms with van der Waals surface area (Å²) in [4.78, 5) is 0. The highest BCUT2D eigenvalue weighted by Crippen LogP contribution is 2.01. The summed E-state index contributed by atoms with van der Waals surface area (Å²) in [5.74, 6) is 0. The summed E-state index contributed by atoms with van der Waals surface area (Å²) >= 11 is 1.77. The Balaban J connectivity index is 3.14. The molecule has 0 aromatic heterocycles. The molecule has 42 valence electrons. The normalized spacial score (nSPS) is 9.86. The van der Waals surface area contributed by atoms with Crippen LogP contribution in [0, 0.1) is 0 Å². The van der Waals surface area contributed by atoms with Crippen molar-refractivity contribution in [2.75, 3.05) is 13.3 Å². The molecule has 0 fully saturated rings. The van der Waals surface area contributed by atoms with Crippen molar-refractivity contribution in [1.29, 1.82) is 0 Å². The third-order valence-corrected chi connectivity index (χ3v) is 2.01. The average molecular weight is 117 g/mol. The van der Waals surface area contributed by atoms with Crippen LogP contribution in [-0.4, -0.2) is 24.4 Å². The fourth-order valence-corrected chi connectivity index (χ4v) is 0.632. The van der Waals surface area contributed by atoms with E-state index in [1.54, 1.807) is 11.9 Å². The van der Waals surface area contributed by atoms with Crippen molar-refractivity contribution in [1.82, 2.24) is 4.22 Å². The predicted molar refractivity (Wildman–Crippen MR) is 38.8 cm³/mol. The van der Waals surface area contributed by atoms with Crippen LogP contribution in [0.2, 0.25) is 13.6 Å². The van der Waals surface area contributed by atoms with E-state index in [0.29, 0.717) is 6.85 Å². The third-order valence-electron chi connectivity index (χ3n) is 1.02. The first-order valence-electron chi connectivity index (χ1n) is 2.45. The molecule has 3 heteroatoms. The summed E-state index contributed by atoms with van der Waals surface area (Å²) in [6, 6.07) is 0. The molecule has 0 atom stereocenters. The van der Waals surface area contributed by atoms with Crippen LogP contribution in [-0.2, 0) is 0 Å². The zero-order chi connectivity index (χ0) is 5.86. The van der Waals surface area contributed by atoms with Gasteiger partial charge in [-0.1, -0.05) is 25.6 Å². The second-order valence-electron chi connectivity index (χ2n) is 1.82. The van der Waals surface area contributed by atoms with Crippen LogP contribution in [0.5, 0.6) is 0 Å². The van der Waals surface area contributed by atoms with E-state index >= 15 is 0 Å². The van der Waals surface area contributed by atoms with Crippen molar-refractivity contribution >= 4 is 18.8 Å². The van der Waals surface area contributed by atoms with Gasteiger partial charge in [-0.15, -0.1) is 0 Å². The molecule has 0 aromatic rings. The van der Waals surface area contributed by atoms with Gasteiger partial charge in [0, 0.05) is 0 Å². The van der Waals surface area contributed by atoms with Gasteiger partial charge in [0.1, 0.15) is 0 Å². The predicted octanol–water partition coefficient (Wildman–Crippen LogP) is 1.45. The zero-order valence-electron chi connectivity index (χ0n) is 5.43. The molecule has 0 rings (SSSR count). The van der Waals surface area contributed by atoms with Crippen molar-refractivity contribution < 1.29 is 0 Å². The SMILES string of the molecule is CSN(C)B(C)C. The topological polar surface area (TPSA) is 3.24 Å². The molecule has 0 aliphatic heterocycles. The van der Waals surface area contributed by atoms with Crippen LogP contribution in [0.4, 0.5) is 0 Å². The molecule has 0 radical (unpaired) electrons. The minimum atomic E-state index is 0.662. The molecular weight excluding hydrogens is 105 g/mol. The lowest BCUT2D eigenvalue weighted by Crippen LogP contribution is -2.22. The second kappa shape index (κ2) is 3.39. The molecule has 0 bridgehead atoms. The Hall–Kier alpha value is 0.375. The Morgan fingerprint density at radius 1 is 1.43 bits per heavy atom. The van der Waals surface area contributed by atoms with Crippen LogP contribution in [0.15, 0.2) is 0 Å². The van der Waals surface area contributed by atoms with Crippen LogP contribution < -0.4 is 0 Å². The molecule has 0 saturated carbocycles. The van der Waals surface area contributed by atoms with E-state index in [1.165, 1.54) is 0 Å². The largest absolute Gasteiger partial charge is 0.293 e. The molecule has 0 heterocycles. The van der Waals surface area contributed by atoms with Crippen molar-refractivity contribution in [2.24, 2.45) is 0 Å². The molecular formula is C4H12BNS. The van der Waals surface area contributed by atoms with Crippen LogP contribution in [0.25, 0.3) is 0 Å². The second-order valence-corrected chi connectivity index (χ2v) is 2.76. The van der Waals surface area contributed by atoms with Crippen molar-refractivity contribution in [2.45, 2.75) is 13.6 Å². The lowest BCUT2D eigenvalue weighted by atomic mass is 9.69. The van der Waals surface area contributed by atoms with E-state index in [4.69, 9.17) is 0 Å². The molecule has 7 heavy (non-hydrogen) atoms. The first kappa shape index (κ1) is 7.37. The van der Waals surface area contributed by atoms with Crippen LogP contribution in [0.1, 0.15) is 0 Å². The van der Waals surface area contributed by atoms with E-state index in [0.717, 1.165) is 0 Å².